The number of hydrogen-bond acceptors (Lipinski definition) is 9. The van der Waals surface area contributed by atoms with Gasteiger partial charge in [0.15, 0.2) is 0 Å². The van der Waals surface area contributed by atoms with E-state index in [1.54, 1.807) is 17.3 Å². The molecule has 2 fully saturated rings. The molecule has 0 bridgehead atoms. The summed E-state index contributed by atoms with van der Waals surface area (Å²) in [5.41, 5.74) is 8.84. The molecule has 0 unspecified atom stereocenters. The molecule has 0 saturated carbocycles. The summed E-state index contributed by atoms with van der Waals surface area (Å²) in [6.07, 6.45) is 7.17. The number of amides is 1. The van der Waals surface area contributed by atoms with Crippen LogP contribution in [0.15, 0.2) is 59.8 Å². The van der Waals surface area contributed by atoms with Gasteiger partial charge in [-0.1, -0.05) is 0 Å². The van der Waals surface area contributed by atoms with Crippen molar-refractivity contribution in [2.45, 2.75) is 79.5 Å². The second kappa shape index (κ2) is 15.3. The van der Waals surface area contributed by atoms with Crippen molar-refractivity contribution in [3.05, 3.63) is 87.7 Å². The number of nitrogens with zero attached hydrogens (tertiary/aromatic N) is 7. The molecule has 0 aliphatic carbocycles. The number of rotatable bonds is 8. The molecule has 284 valence electrons. The van der Waals surface area contributed by atoms with E-state index in [2.05, 4.69) is 62.4 Å². The molecule has 0 spiro atoms. The number of pyridine rings is 3. The highest BCUT2D eigenvalue weighted by molar-refractivity contribution is 5.81. The number of anilines is 2. The van der Waals surface area contributed by atoms with Crippen LogP contribution in [0, 0.1) is 20.8 Å². The number of imidazole rings is 1. The van der Waals surface area contributed by atoms with E-state index in [1.807, 2.05) is 52.9 Å². The summed E-state index contributed by atoms with van der Waals surface area (Å²) in [5.74, 6) is 1.51. The van der Waals surface area contributed by atoms with E-state index in [0.717, 1.165) is 77.4 Å². The lowest BCUT2D eigenvalue weighted by atomic mass is 9.96. The lowest BCUT2D eigenvalue weighted by Crippen LogP contribution is -2.50. The first-order chi connectivity index (χ1) is 25.9. The fourth-order valence-corrected chi connectivity index (χ4v) is 7.83. The summed E-state index contributed by atoms with van der Waals surface area (Å²) in [6.45, 7) is 19.4. The SMILES string of the molecule is CCN(c1cc(-c2ccc(N3CCN(C(=O)OC(C)(C)C)CC3)nc2)cc(Cn2c(-c3c(C)cc(C)[nH]c3=O)nc3cnccc32)c1C)C1CCOCC1. The largest absolute Gasteiger partial charge is 0.444 e. The Balaban J connectivity index is 1.26. The number of aromatic amines is 1. The minimum atomic E-state index is -0.522. The van der Waals surface area contributed by atoms with E-state index >= 15 is 0 Å². The zero-order chi connectivity index (χ0) is 38.1. The van der Waals surface area contributed by atoms with Crippen molar-refractivity contribution in [3.8, 4) is 22.5 Å². The van der Waals surface area contributed by atoms with E-state index in [-0.39, 0.29) is 11.7 Å². The van der Waals surface area contributed by atoms with Crippen LogP contribution in [0.1, 0.15) is 62.9 Å². The van der Waals surface area contributed by atoms with Gasteiger partial charge < -0.3 is 33.7 Å². The highest BCUT2D eigenvalue weighted by Gasteiger charge is 2.28. The number of benzene rings is 1. The smallest absolute Gasteiger partial charge is 0.410 e. The first kappa shape index (κ1) is 37.1. The Bertz CT molecular complexity index is 2190. The third-order valence-electron chi connectivity index (χ3n) is 10.6. The van der Waals surface area contributed by atoms with Gasteiger partial charge in [-0.05, 0) is 120 Å². The molecule has 12 heteroatoms. The number of hydrogen-bond donors (Lipinski definition) is 1. The Hall–Kier alpha value is -5.23. The topological polar surface area (TPSA) is 122 Å². The van der Waals surface area contributed by atoms with Crippen molar-refractivity contribution >= 4 is 28.6 Å². The maximum absolute atomic E-state index is 13.5. The van der Waals surface area contributed by atoms with Crippen molar-refractivity contribution in [1.29, 1.82) is 0 Å². The third kappa shape index (κ3) is 7.70. The van der Waals surface area contributed by atoms with Gasteiger partial charge in [0.2, 0.25) is 0 Å². The molecule has 12 nitrogen and oxygen atoms in total. The summed E-state index contributed by atoms with van der Waals surface area (Å²) in [7, 11) is 0. The molecular formula is C42H52N8O4. The van der Waals surface area contributed by atoms with Gasteiger partial charge in [0.25, 0.3) is 5.56 Å². The van der Waals surface area contributed by atoms with E-state index in [1.165, 1.54) is 11.3 Å². The van der Waals surface area contributed by atoms with Gasteiger partial charge >= 0.3 is 6.09 Å². The van der Waals surface area contributed by atoms with Crippen LogP contribution in [0.3, 0.4) is 0 Å². The molecule has 1 aromatic carbocycles. The molecule has 0 radical (unpaired) electrons. The van der Waals surface area contributed by atoms with Gasteiger partial charge in [-0.15, -0.1) is 0 Å². The molecular weight excluding hydrogens is 681 g/mol. The van der Waals surface area contributed by atoms with Crippen LogP contribution in [0.2, 0.25) is 0 Å². The lowest BCUT2D eigenvalue weighted by Gasteiger charge is -2.37. The van der Waals surface area contributed by atoms with Gasteiger partial charge in [-0.3, -0.25) is 9.78 Å². The van der Waals surface area contributed by atoms with Gasteiger partial charge in [0.1, 0.15) is 22.8 Å². The molecule has 1 N–H and O–H groups in total. The summed E-state index contributed by atoms with van der Waals surface area (Å²) in [4.78, 5) is 49.9. The van der Waals surface area contributed by atoms with Gasteiger partial charge in [-0.25, -0.2) is 14.8 Å². The van der Waals surface area contributed by atoms with E-state index in [9.17, 15) is 9.59 Å². The average Bonchev–Trinajstić information content (AvgIpc) is 3.50. The second-order valence-electron chi connectivity index (χ2n) is 15.5. The Kier molecular flexibility index (Phi) is 10.5. The van der Waals surface area contributed by atoms with Crippen molar-refractivity contribution in [1.82, 2.24) is 29.4 Å². The van der Waals surface area contributed by atoms with Gasteiger partial charge in [0, 0.05) is 81.3 Å². The summed E-state index contributed by atoms with van der Waals surface area (Å²) in [6, 6.07) is 13.1. The molecule has 6 heterocycles. The Labute approximate surface area is 317 Å². The molecule has 2 saturated heterocycles. The quantitative estimate of drug-likeness (QED) is 0.182. The molecule has 1 amide bonds. The lowest BCUT2D eigenvalue weighted by molar-refractivity contribution is 0.0240. The molecule has 54 heavy (non-hydrogen) atoms. The predicted octanol–water partition coefficient (Wildman–Crippen LogP) is 6.88. The van der Waals surface area contributed by atoms with Crippen molar-refractivity contribution in [2.75, 3.05) is 55.7 Å². The molecule has 2 aliphatic rings. The second-order valence-corrected chi connectivity index (χ2v) is 15.5. The first-order valence-corrected chi connectivity index (χ1v) is 19.1. The Morgan fingerprint density at radius 3 is 2.43 bits per heavy atom. The number of ether oxygens (including phenoxy) is 2. The number of fused-ring (bicyclic) bond motifs is 1. The first-order valence-electron chi connectivity index (χ1n) is 19.1. The number of carbonyl (C=O) groups excluding carboxylic acids is 1. The molecule has 7 rings (SSSR count). The van der Waals surface area contributed by atoms with Crippen LogP contribution in [0.25, 0.3) is 33.5 Å². The highest BCUT2D eigenvalue weighted by atomic mass is 16.6. The molecule has 5 aromatic rings. The number of nitrogens with one attached hydrogen (secondary N) is 1. The van der Waals surface area contributed by atoms with Crippen LogP contribution in [-0.4, -0.2) is 93.1 Å². The number of aromatic nitrogens is 5. The fourth-order valence-electron chi connectivity index (χ4n) is 7.83. The van der Waals surface area contributed by atoms with Crippen LogP contribution in [0.4, 0.5) is 16.3 Å². The van der Waals surface area contributed by atoms with Crippen LogP contribution in [-0.2, 0) is 16.0 Å². The number of piperazine rings is 1. The van der Waals surface area contributed by atoms with Crippen molar-refractivity contribution < 1.29 is 14.3 Å². The average molecular weight is 733 g/mol. The monoisotopic (exact) mass is 732 g/mol. The van der Waals surface area contributed by atoms with E-state index in [0.29, 0.717) is 50.2 Å². The van der Waals surface area contributed by atoms with Crippen LogP contribution in [0.5, 0.6) is 0 Å². The standard InChI is InChI=1S/C42H52N8O4/c1-8-49(33-12-19-53-20-13-33)36-23-31(30-9-10-37(44-24-30)47-15-17-48(18-16-47)41(52)54-42(5,6)7)22-32(29(36)4)26-50-35-11-14-43-25-34(35)46-39(50)38-27(2)21-28(3)45-40(38)51/h9-11,14,21-25,33H,8,12-13,15-20,26H2,1-7H3,(H,45,51). The number of H-pyrrole nitrogens is 1. The zero-order valence-electron chi connectivity index (χ0n) is 32.6. The zero-order valence-corrected chi connectivity index (χ0v) is 32.6. The number of carbonyl (C=O) groups is 1. The van der Waals surface area contributed by atoms with E-state index in [4.69, 9.17) is 19.4 Å². The molecule has 2 aliphatic heterocycles. The summed E-state index contributed by atoms with van der Waals surface area (Å²) < 4.78 is 13.5. The maximum atomic E-state index is 13.5. The van der Waals surface area contributed by atoms with Crippen molar-refractivity contribution in [3.63, 3.8) is 0 Å². The fraction of sp³-hybridized carbons (Fsp3) is 0.452. The molecule has 0 atom stereocenters. The third-order valence-corrected chi connectivity index (χ3v) is 10.6. The van der Waals surface area contributed by atoms with Crippen molar-refractivity contribution in [2.24, 2.45) is 0 Å². The van der Waals surface area contributed by atoms with Gasteiger partial charge in [0.05, 0.1) is 23.8 Å². The Morgan fingerprint density at radius 1 is 1.00 bits per heavy atom. The minimum Gasteiger partial charge on any atom is -0.444 e. The summed E-state index contributed by atoms with van der Waals surface area (Å²) >= 11 is 0. The minimum absolute atomic E-state index is 0.155. The predicted molar refractivity (Wildman–Crippen MR) is 213 cm³/mol. The Morgan fingerprint density at radius 2 is 1.76 bits per heavy atom. The number of aryl methyl sites for hydroxylation is 2. The molecule has 4 aromatic heterocycles. The summed E-state index contributed by atoms with van der Waals surface area (Å²) in [5, 5.41) is 0. The van der Waals surface area contributed by atoms with Crippen LogP contribution < -0.4 is 15.4 Å². The van der Waals surface area contributed by atoms with Crippen LogP contribution >= 0.6 is 0 Å². The maximum Gasteiger partial charge on any atom is 0.410 e. The normalized spacial score (nSPS) is 15.5. The van der Waals surface area contributed by atoms with E-state index < -0.39 is 5.60 Å². The van der Waals surface area contributed by atoms with Gasteiger partial charge in [-0.2, -0.15) is 0 Å². The highest BCUT2D eigenvalue weighted by Crippen LogP contribution is 2.36.